The van der Waals surface area contributed by atoms with Gasteiger partial charge in [0, 0.05) is 23.9 Å². The number of thioether (sulfide) groups is 1. The van der Waals surface area contributed by atoms with E-state index < -0.39 is 0 Å². The molecule has 0 spiro atoms. The topological polar surface area (TPSA) is 38.1 Å². The van der Waals surface area contributed by atoms with Crippen molar-refractivity contribution in [2.75, 3.05) is 6.54 Å². The SMILES string of the molecule is CCCCC(CC)CN1C(=O)C(=Cc2cn(-c3ccccc3)nc2-c2ccccc2)SC1=S. The van der Waals surface area contributed by atoms with E-state index in [0.29, 0.717) is 21.7 Å². The lowest BCUT2D eigenvalue weighted by Gasteiger charge is -2.21. The maximum absolute atomic E-state index is 13.3. The van der Waals surface area contributed by atoms with Gasteiger partial charge in [-0.25, -0.2) is 4.68 Å². The first kappa shape index (κ1) is 23.5. The van der Waals surface area contributed by atoms with Crippen molar-refractivity contribution in [1.29, 1.82) is 0 Å². The van der Waals surface area contributed by atoms with Crippen molar-refractivity contribution in [3.05, 3.63) is 77.3 Å². The van der Waals surface area contributed by atoms with Gasteiger partial charge in [-0.05, 0) is 30.5 Å². The molecule has 1 atom stereocenters. The first-order chi connectivity index (χ1) is 16.1. The molecule has 2 aromatic carbocycles. The van der Waals surface area contributed by atoms with Crippen molar-refractivity contribution < 1.29 is 4.79 Å². The molecule has 1 saturated heterocycles. The summed E-state index contributed by atoms with van der Waals surface area (Å²) in [6, 6.07) is 20.1. The van der Waals surface area contributed by atoms with Crippen LogP contribution in [-0.4, -0.2) is 31.5 Å². The minimum atomic E-state index is 0.00595. The summed E-state index contributed by atoms with van der Waals surface area (Å²) < 4.78 is 2.52. The fourth-order valence-corrected chi connectivity index (χ4v) is 5.27. The average Bonchev–Trinajstić information content (AvgIpc) is 3.39. The zero-order valence-corrected chi connectivity index (χ0v) is 20.7. The molecule has 1 aliphatic heterocycles. The van der Waals surface area contributed by atoms with E-state index in [0.717, 1.165) is 35.3 Å². The van der Waals surface area contributed by atoms with Gasteiger partial charge in [0.2, 0.25) is 0 Å². The Kier molecular flexibility index (Phi) is 7.78. The van der Waals surface area contributed by atoms with E-state index in [4.69, 9.17) is 17.3 Å². The molecule has 170 valence electrons. The lowest BCUT2D eigenvalue weighted by molar-refractivity contribution is -0.122. The van der Waals surface area contributed by atoms with E-state index in [1.54, 1.807) is 4.90 Å². The molecule has 4 nitrogen and oxygen atoms in total. The molecular formula is C27H29N3OS2. The molecule has 0 radical (unpaired) electrons. The van der Waals surface area contributed by atoms with Crippen LogP contribution in [0.25, 0.3) is 23.0 Å². The largest absolute Gasteiger partial charge is 0.293 e. The van der Waals surface area contributed by atoms with Crippen molar-refractivity contribution >= 4 is 40.3 Å². The molecule has 1 aliphatic rings. The van der Waals surface area contributed by atoms with Gasteiger partial charge in [0.25, 0.3) is 5.91 Å². The average molecular weight is 476 g/mol. The van der Waals surface area contributed by atoms with Crippen molar-refractivity contribution in [3.63, 3.8) is 0 Å². The highest BCUT2D eigenvalue weighted by Gasteiger charge is 2.33. The van der Waals surface area contributed by atoms with Gasteiger partial charge in [0.05, 0.1) is 16.3 Å². The van der Waals surface area contributed by atoms with Gasteiger partial charge in [0.15, 0.2) is 0 Å². The molecule has 3 aromatic rings. The predicted octanol–water partition coefficient (Wildman–Crippen LogP) is 6.96. The van der Waals surface area contributed by atoms with Crippen LogP contribution < -0.4 is 0 Å². The van der Waals surface area contributed by atoms with E-state index in [2.05, 4.69) is 13.8 Å². The van der Waals surface area contributed by atoms with Crippen LogP contribution >= 0.6 is 24.0 Å². The van der Waals surface area contributed by atoms with Crippen LogP contribution in [0.1, 0.15) is 45.1 Å². The minimum Gasteiger partial charge on any atom is -0.293 e. The second-order valence-electron chi connectivity index (χ2n) is 8.29. The molecule has 0 N–H and O–H groups in total. The van der Waals surface area contributed by atoms with Crippen LogP contribution in [0.5, 0.6) is 0 Å². The van der Waals surface area contributed by atoms with E-state index in [9.17, 15) is 4.79 Å². The molecule has 1 fully saturated rings. The quantitative estimate of drug-likeness (QED) is 0.248. The number of rotatable bonds is 9. The lowest BCUT2D eigenvalue weighted by atomic mass is 9.99. The summed E-state index contributed by atoms with van der Waals surface area (Å²) in [5.41, 5.74) is 3.74. The molecule has 1 amide bonds. The Bertz CT molecular complexity index is 1140. The molecule has 1 aromatic heterocycles. The number of benzene rings is 2. The number of carbonyl (C=O) groups excluding carboxylic acids is 1. The summed E-state index contributed by atoms with van der Waals surface area (Å²) in [7, 11) is 0. The van der Waals surface area contributed by atoms with Gasteiger partial charge in [-0.15, -0.1) is 0 Å². The summed E-state index contributed by atoms with van der Waals surface area (Å²) in [4.78, 5) is 15.7. The van der Waals surface area contributed by atoms with E-state index in [1.165, 1.54) is 24.6 Å². The van der Waals surface area contributed by atoms with Crippen LogP contribution in [0, 0.1) is 5.92 Å². The van der Waals surface area contributed by atoms with Crippen molar-refractivity contribution in [2.45, 2.75) is 39.5 Å². The fourth-order valence-electron chi connectivity index (χ4n) is 4.00. The fraction of sp³-hybridized carbons (Fsp3) is 0.296. The molecule has 0 bridgehead atoms. The van der Waals surface area contributed by atoms with Crippen LogP contribution in [0.2, 0.25) is 0 Å². The zero-order chi connectivity index (χ0) is 23.2. The summed E-state index contributed by atoms with van der Waals surface area (Å²) in [6.45, 7) is 5.10. The van der Waals surface area contributed by atoms with Gasteiger partial charge >= 0.3 is 0 Å². The second-order valence-corrected chi connectivity index (χ2v) is 9.96. The number of thiocarbonyl (C=S) groups is 1. The number of amides is 1. The van der Waals surface area contributed by atoms with Gasteiger partial charge in [-0.3, -0.25) is 9.69 Å². The monoisotopic (exact) mass is 475 g/mol. The molecular weight excluding hydrogens is 446 g/mol. The predicted molar refractivity (Wildman–Crippen MR) is 142 cm³/mol. The Hall–Kier alpha value is -2.70. The zero-order valence-electron chi connectivity index (χ0n) is 19.1. The van der Waals surface area contributed by atoms with Gasteiger partial charge in [-0.1, -0.05) is 106 Å². The van der Waals surface area contributed by atoms with Crippen LogP contribution in [-0.2, 0) is 4.79 Å². The smallest absolute Gasteiger partial charge is 0.266 e. The van der Waals surface area contributed by atoms with Gasteiger partial charge in [0.1, 0.15) is 4.32 Å². The molecule has 0 saturated carbocycles. The van der Waals surface area contributed by atoms with Crippen molar-refractivity contribution in [2.24, 2.45) is 5.92 Å². The maximum atomic E-state index is 13.3. The highest BCUT2D eigenvalue weighted by molar-refractivity contribution is 8.26. The molecule has 1 unspecified atom stereocenters. The maximum Gasteiger partial charge on any atom is 0.266 e. The lowest BCUT2D eigenvalue weighted by Crippen LogP contribution is -2.33. The molecule has 0 aliphatic carbocycles. The van der Waals surface area contributed by atoms with Crippen LogP contribution in [0.15, 0.2) is 71.8 Å². The standard InChI is InChI=1S/C27H29N3OS2/c1-3-5-12-20(4-2)18-29-26(31)24(33-27(29)32)17-22-19-30(23-15-10-7-11-16-23)28-25(22)21-13-8-6-9-14-21/h6-11,13-17,19-20H,3-5,12,18H2,1-2H3. The number of hydrogen-bond acceptors (Lipinski definition) is 4. The normalized spacial score (nSPS) is 16.1. The number of unbranched alkanes of at least 4 members (excludes halogenated alkanes) is 1. The summed E-state index contributed by atoms with van der Waals surface area (Å²) in [5.74, 6) is 0.485. The third-order valence-electron chi connectivity index (χ3n) is 5.95. The van der Waals surface area contributed by atoms with E-state index in [1.807, 2.05) is 77.6 Å². The molecule has 4 rings (SSSR count). The molecule has 33 heavy (non-hydrogen) atoms. The number of para-hydroxylation sites is 1. The Balaban J connectivity index is 1.66. The first-order valence-electron chi connectivity index (χ1n) is 11.6. The van der Waals surface area contributed by atoms with Gasteiger partial charge < -0.3 is 0 Å². The minimum absolute atomic E-state index is 0.00595. The number of nitrogens with zero attached hydrogens (tertiary/aromatic N) is 3. The Morgan fingerprint density at radius 2 is 1.76 bits per heavy atom. The highest BCUT2D eigenvalue weighted by Crippen LogP contribution is 2.35. The van der Waals surface area contributed by atoms with Gasteiger partial charge in [-0.2, -0.15) is 5.10 Å². The molecule has 2 heterocycles. The van der Waals surface area contributed by atoms with Crippen molar-refractivity contribution in [1.82, 2.24) is 14.7 Å². The number of hydrogen-bond donors (Lipinski definition) is 0. The summed E-state index contributed by atoms with van der Waals surface area (Å²) >= 11 is 7.00. The Morgan fingerprint density at radius 3 is 2.42 bits per heavy atom. The van der Waals surface area contributed by atoms with Crippen LogP contribution in [0.4, 0.5) is 0 Å². The number of aromatic nitrogens is 2. The summed E-state index contributed by atoms with van der Waals surface area (Å²) in [6.07, 6.45) is 8.47. The molecule has 6 heteroatoms. The highest BCUT2D eigenvalue weighted by atomic mass is 32.2. The van der Waals surface area contributed by atoms with Crippen molar-refractivity contribution in [3.8, 4) is 16.9 Å². The van der Waals surface area contributed by atoms with E-state index >= 15 is 0 Å². The summed E-state index contributed by atoms with van der Waals surface area (Å²) in [5, 5.41) is 4.86. The second kappa shape index (κ2) is 10.9. The first-order valence-corrected chi connectivity index (χ1v) is 12.8. The third-order valence-corrected chi connectivity index (χ3v) is 7.33. The third kappa shape index (κ3) is 5.45. The van der Waals surface area contributed by atoms with Crippen LogP contribution in [0.3, 0.4) is 0 Å². The Labute approximate surface area is 205 Å². The van der Waals surface area contributed by atoms with E-state index in [-0.39, 0.29) is 5.91 Å². The number of carbonyl (C=O) groups is 1. The Morgan fingerprint density at radius 1 is 1.06 bits per heavy atom.